The molecule has 2 aliphatic heterocycles. The van der Waals surface area contributed by atoms with E-state index in [2.05, 4.69) is 14.9 Å². The highest BCUT2D eigenvalue weighted by molar-refractivity contribution is 5.88. The van der Waals surface area contributed by atoms with Crippen LogP contribution in [0.5, 0.6) is 0 Å². The first kappa shape index (κ1) is 16.5. The predicted octanol–water partition coefficient (Wildman–Crippen LogP) is -0.155. The molecule has 0 aliphatic carbocycles. The third-order valence-corrected chi connectivity index (χ3v) is 4.84. The SMILES string of the molecule is CN(C)c1ccnc(N2CCC(N3CC(C(N)=O)CC3=O)CC2)n1. The molecule has 2 amide bonds. The molecule has 0 bridgehead atoms. The van der Waals surface area contributed by atoms with Crippen molar-refractivity contribution in [3.05, 3.63) is 12.3 Å². The van der Waals surface area contributed by atoms with Crippen LogP contribution in [-0.2, 0) is 9.59 Å². The molecule has 3 rings (SSSR count). The molecule has 130 valence electrons. The lowest BCUT2D eigenvalue weighted by molar-refractivity contribution is -0.130. The molecule has 3 heterocycles. The van der Waals surface area contributed by atoms with Crippen LogP contribution in [0.1, 0.15) is 19.3 Å². The van der Waals surface area contributed by atoms with Gasteiger partial charge in [-0.3, -0.25) is 9.59 Å². The monoisotopic (exact) mass is 332 g/mol. The Hall–Kier alpha value is -2.38. The highest BCUT2D eigenvalue weighted by Gasteiger charge is 2.38. The molecule has 8 heteroatoms. The van der Waals surface area contributed by atoms with Gasteiger partial charge in [0.15, 0.2) is 0 Å². The molecule has 1 aromatic heterocycles. The maximum Gasteiger partial charge on any atom is 0.227 e. The van der Waals surface area contributed by atoms with E-state index in [9.17, 15) is 9.59 Å². The smallest absolute Gasteiger partial charge is 0.227 e. The van der Waals surface area contributed by atoms with Crippen molar-refractivity contribution in [2.75, 3.05) is 43.5 Å². The van der Waals surface area contributed by atoms with Gasteiger partial charge in [0.1, 0.15) is 5.82 Å². The first-order valence-corrected chi connectivity index (χ1v) is 8.30. The summed E-state index contributed by atoms with van der Waals surface area (Å²) in [5.74, 6) is 0.930. The summed E-state index contributed by atoms with van der Waals surface area (Å²) in [6.45, 7) is 2.06. The first-order valence-electron chi connectivity index (χ1n) is 8.30. The molecule has 1 atom stereocenters. The van der Waals surface area contributed by atoms with E-state index >= 15 is 0 Å². The molecule has 2 aliphatic rings. The van der Waals surface area contributed by atoms with Crippen molar-refractivity contribution in [1.29, 1.82) is 0 Å². The fourth-order valence-corrected chi connectivity index (χ4v) is 3.39. The van der Waals surface area contributed by atoms with Crippen molar-refractivity contribution in [1.82, 2.24) is 14.9 Å². The van der Waals surface area contributed by atoms with Gasteiger partial charge < -0.3 is 20.4 Å². The number of nitrogens with two attached hydrogens (primary N) is 1. The third kappa shape index (κ3) is 3.27. The fraction of sp³-hybridized carbons (Fsp3) is 0.625. The normalized spacial score (nSPS) is 22.1. The molecule has 0 spiro atoms. The Bertz CT molecular complexity index is 627. The summed E-state index contributed by atoms with van der Waals surface area (Å²) in [7, 11) is 3.90. The van der Waals surface area contributed by atoms with Crippen LogP contribution in [0.15, 0.2) is 12.3 Å². The van der Waals surface area contributed by atoms with Crippen molar-refractivity contribution in [2.24, 2.45) is 11.7 Å². The summed E-state index contributed by atoms with van der Waals surface area (Å²) in [5.41, 5.74) is 5.34. The van der Waals surface area contributed by atoms with Crippen molar-refractivity contribution in [2.45, 2.75) is 25.3 Å². The van der Waals surface area contributed by atoms with E-state index in [4.69, 9.17) is 5.73 Å². The van der Waals surface area contributed by atoms with Crippen LogP contribution in [0.4, 0.5) is 11.8 Å². The zero-order valence-electron chi connectivity index (χ0n) is 14.2. The second kappa shape index (κ2) is 6.62. The Morgan fingerprint density at radius 2 is 2.04 bits per heavy atom. The largest absolute Gasteiger partial charge is 0.369 e. The second-order valence-electron chi connectivity index (χ2n) is 6.68. The van der Waals surface area contributed by atoms with Crippen LogP contribution in [-0.4, -0.2) is 66.5 Å². The number of carbonyl (C=O) groups is 2. The van der Waals surface area contributed by atoms with E-state index < -0.39 is 0 Å². The average molecular weight is 332 g/mol. The summed E-state index contributed by atoms with van der Waals surface area (Å²) >= 11 is 0. The minimum atomic E-state index is -0.378. The van der Waals surface area contributed by atoms with Crippen LogP contribution >= 0.6 is 0 Å². The van der Waals surface area contributed by atoms with E-state index in [0.29, 0.717) is 6.54 Å². The number of hydrogen-bond acceptors (Lipinski definition) is 6. The van der Waals surface area contributed by atoms with E-state index in [1.54, 1.807) is 6.20 Å². The van der Waals surface area contributed by atoms with Crippen LogP contribution in [0.3, 0.4) is 0 Å². The predicted molar refractivity (Wildman–Crippen MR) is 90.6 cm³/mol. The van der Waals surface area contributed by atoms with Gasteiger partial charge in [0, 0.05) is 52.4 Å². The summed E-state index contributed by atoms with van der Waals surface area (Å²) in [4.78, 5) is 38.3. The Kier molecular flexibility index (Phi) is 4.55. The van der Waals surface area contributed by atoms with Crippen LogP contribution < -0.4 is 15.5 Å². The Morgan fingerprint density at radius 3 is 2.62 bits per heavy atom. The Labute approximate surface area is 141 Å². The molecule has 0 aromatic carbocycles. The van der Waals surface area contributed by atoms with Crippen molar-refractivity contribution in [3.63, 3.8) is 0 Å². The third-order valence-electron chi connectivity index (χ3n) is 4.84. The van der Waals surface area contributed by atoms with Crippen molar-refractivity contribution >= 4 is 23.6 Å². The molecular weight excluding hydrogens is 308 g/mol. The number of carbonyl (C=O) groups excluding carboxylic acids is 2. The number of aromatic nitrogens is 2. The standard InChI is InChI=1S/C16H24N6O2/c1-20(2)13-3-6-18-16(19-13)21-7-4-12(5-8-21)22-10-11(15(17)24)9-14(22)23/h3,6,11-12H,4-5,7-10H2,1-2H3,(H2,17,24). The molecule has 8 nitrogen and oxygen atoms in total. The molecule has 1 unspecified atom stereocenters. The zero-order chi connectivity index (χ0) is 17.3. The van der Waals surface area contributed by atoms with Gasteiger partial charge in [0.25, 0.3) is 0 Å². The molecule has 0 saturated carbocycles. The van der Waals surface area contributed by atoms with E-state index in [-0.39, 0.29) is 30.2 Å². The number of hydrogen-bond donors (Lipinski definition) is 1. The Balaban J connectivity index is 1.61. The molecule has 0 radical (unpaired) electrons. The first-order chi connectivity index (χ1) is 11.5. The maximum absolute atomic E-state index is 12.1. The topological polar surface area (TPSA) is 95.7 Å². The number of anilines is 2. The average Bonchev–Trinajstić information content (AvgIpc) is 2.97. The van der Waals surface area contributed by atoms with Gasteiger partial charge >= 0.3 is 0 Å². The molecule has 2 saturated heterocycles. The minimum absolute atomic E-state index is 0.0445. The number of likely N-dealkylation sites (tertiary alicyclic amines) is 1. The van der Waals surface area contributed by atoms with Gasteiger partial charge in [-0.05, 0) is 18.9 Å². The zero-order valence-corrected chi connectivity index (χ0v) is 14.2. The molecule has 24 heavy (non-hydrogen) atoms. The van der Waals surface area contributed by atoms with Gasteiger partial charge in [-0.15, -0.1) is 0 Å². The van der Waals surface area contributed by atoms with Gasteiger partial charge in [0.2, 0.25) is 17.8 Å². The van der Waals surface area contributed by atoms with Gasteiger partial charge in [-0.2, -0.15) is 4.98 Å². The van der Waals surface area contributed by atoms with Gasteiger partial charge in [0.05, 0.1) is 5.92 Å². The second-order valence-corrected chi connectivity index (χ2v) is 6.68. The maximum atomic E-state index is 12.1. The van der Waals surface area contributed by atoms with Crippen LogP contribution in [0.25, 0.3) is 0 Å². The molecule has 1 aromatic rings. The lowest BCUT2D eigenvalue weighted by Crippen LogP contribution is -2.46. The highest BCUT2D eigenvalue weighted by atomic mass is 16.2. The van der Waals surface area contributed by atoms with Crippen molar-refractivity contribution < 1.29 is 9.59 Å². The van der Waals surface area contributed by atoms with Crippen molar-refractivity contribution in [3.8, 4) is 0 Å². The summed E-state index contributed by atoms with van der Waals surface area (Å²) in [6, 6.07) is 2.05. The minimum Gasteiger partial charge on any atom is -0.369 e. The lowest BCUT2D eigenvalue weighted by atomic mass is 10.0. The molecule has 2 fully saturated rings. The lowest BCUT2D eigenvalue weighted by Gasteiger charge is -2.37. The Morgan fingerprint density at radius 1 is 1.33 bits per heavy atom. The number of piperidine rings is 1. The highest BCUT2D eigenvalue weighted by Crippen LogP contribution is 2.26. The summed E-state index contributed by atoms with van der Waals surface area (Å²) in [6.07, 6.45) is 3.73. The number of nitrogens with zero attached hydrogens (tertiary/aromatic N) is 5. The summed E-state index contributed by atoms with van der Waals surface area (Å²) < 4.78 is 0. The van der Waals surface area contributed by atoms with E-state index in [1.807, 2.05) is 30.0 Å². The molecular formula is C16H24N6O2. The van der Waals surface area contributed by atoms with E-state index in [0.717, 1.165) is 37.7 Å². The fourth-order valence-electron chi connectivity index (χ4n) is 3.39. The number of amides is 2. The van der Waals surface area contributed by atoms with Gasteiger partial charge in [-0.1, -0.05) is 0 Å². The van der Waals surface area contributed by atoms with Crippen LogP contribution in [0, 0.1) is 5.92 Å². The van der Waals surface area contributed by atoms with E-state index in [1.165, 1.54) is 0 Å². The van der Waals surface area contributed by atoms with Gasteiger partial charge in [-0.25, -0.2) is 4.98 Å². The number of primary amides is 1. The number of rotatable bonds is 4. The quantitative estimate of drug-likeness (QED) is 0.823. The van der Waals surface area contributed by atoms with Crippen LogP contribution in [0.2, 0.25) is 0 Å². The summed E-state index contributed by atoms with van der Waals surface area (Å²) in [5, 5.41) is 0. The molecule has 2 N–H and O–H groups in total.